The number of amides is 2. The summed E-state index contributed by atoms with van der Waals surface area (Å²) in [5.74, 6) is 2.97. The summed E-state index contributed by atoms with van der Waals surface area (Å²) >= 11 is 0. The van der Waals surface area contributed by atoms with Crippen LogP contribution in [0.4, 0.5) is 4.39 Å². The predicted molar refractivity (Wildman–Crippen MR) is 116 cm³/mol. The maximum Gasteiger partial charge on any atom is 0.223 e. The minimum Gasteiger partial charge on any atom is -0.353 e. The number of carbonyl (C=O) groups is 2. The van der Waals surface area contributed by atoms with E-state index in [4.69, 9.17) is 0 Å². The van der Waals surface area contributed by atoms with E-state index in [2.05, 4.69) is 10.2 Å². The van der Waals surface area contributed by atoms with Crippen LogP contribution in [0.25, 0.3) is 0 Å². The van der Waals surface area contributed by atoms with E-state index >= 15 is 0 Å². The summed E-state index contributed by atoms with van der Waals surface area (Å²) in [6.45, 7) is 0. The van der Waals surface area contributed by atoms with Gasteiger partial charge in [0.1, 0.15) is 5.82 Å². The Balaban J connectivity index is 1.14. The molecule has 6 fully saturated rings. The zero-order chi connectivity index (χ0) is 21.2. The molecule has 166 valence electrons. The highest BCUT2D eigenvalue weighted by Crippen LogP contribution is 2.59. The highest BCUT2D eigenvalue weighted by atomic mass is 19.1. The van der Waals surface area contributed by atoms with Gasteiger partial charge in [-0.2, -0.15) is 0 Å². The molecule has 6 aliphatic rings. The SMILES string of the molecule is O=CNC12CC3CC(C1)C(CC(=O)N1[C@@H]4CC[C@H]1CC(c1cccc(F)c1)C4)C(C3)C2. The number of nitrogens with one attached hydrogen (secondary N) is 1. The van der Waals surface area contributed by atoms with E-state index in [-0.39, 0.29) is 11.4 Å². The van der Waals surface area contributed by atoms with Gasteiger partial charge in [-0.15, -0.1) is 0 Å². The van der Waals surface area contributed by atoms with Crippen molar-refractivity contribution in [2.24, 2.45) is 23.7 Å². The summed E-state index contributed by atoms with van der Waals surface area (Å²) in [6, 6.07) is 7.68. The fraction of sp³-hybridized carbons (Fsp3) is 0.692. The van der Waals surface area contributed by atoms with E-state index in [0.717, 1.165) is 62.8 Å². The van der Waals surface area contributed by atoms with Crippen molar-refractivity contribution in [1.29, 1.82) is 0 Å². The molecule has 4 aliphatic carbocycles. The van der Waals surface area contributed by atoms with Gasteiger partial charge in [-0.05, 0) is 105 Å². The van der Waals surface area contributed by atoms with Gasteiger partial charge in [-0.3, -0.25) is 9.59 Å². The summed E-state index contributed by atoms with van der Waals surface area (Å²) in [5.41, 5.74) is 1.11. The van der Waals surface area contributed by atoms with E-state index in [9.17, 15) is 14.0 Å². The number of nitrogens with zero attached hydrogens (tertiary/aromatic N) is 1. The van der Waals surface area contributed by atoms with Crippen LogP contribution in [0.15, 0.2) is 24.3 Å². The number of halogens is 1. The predicted octanol–water partition coefficient (Wildman–Crippen LogP) is 4.39. The Morgan fingerprint density at radius 3 is 2.45 bits per heavy atom. The molecular weight excluding hydrogens is 391 g/mol. The zero-order valence-electron chi connectivity index (χ0n) is 18.1. The standard InChI is InChI=1S/C26H33FN2O2/c27-21-3-1-2-17(8-21)18-9-22-4-5-23(10-18)29(22)25(31)11-24-19-6-16-7-20(24)14-26(12-16,13-19)28-15-30/h1-3,8,15-16,18-20,22-24H,4-7,9-14H2,(H,28,30)/t16?,18?,19?,20?,22-,23+,24?,26?. The molecular formula is C26H33FN2O2. The zero-order valence-corrected chi connectivity index (χ0v) is 18.1. The van der Waals surface area contributed by atoms with Crippen LogP contribution in [0.2, 0.25) is 0 Å². The quantitative estimate of drug-likeness (QED) is 0.713. The molecule has 4 saturated carbocycles. The molecule has 1 aromatic rings. The average molecular weight is 425 g/mol. The lowest BCUT2D eigenvalue weighted by Gasteiger charge is -2.60. The summed E-state index contributed by atoms with van der Waals surface area (Å²) in [5, 5.41) is 3.17. The fourth-order valence-electron chi connectivity index (χ4n) is 8.69. The lowest BCUT2D eigenvalue weighted by molar-refractivity contribution is -0.143. The van der Waals surface area contributed by atoms with Crippen molar-refractivity contribution in [3.05, 3.63) is 35.6 Å². The summed E-state index contributed by atoms with van der Waals surface area (Å²) in [7, 11) is 0. The molecule has 0 spiro atoms. The normalized spacial score (nSPS) is 42.6. The molecule has 7 rings (SSSR count). The summed E-state index contributed by atoms with van der Waals surface area (Å²) in [4.78, 5) is 27.0. The summed E-state index contributed by atoms with van der Waals surface area (Å²) < 4.78 is 13.7. The second-order valence-corrected chi connectivity index (χ2v) is 11.3. The third-order valence-electron chi connectivity index (χ3n) is 9.59. The Hall–Kier alpha value is -1.91. The van der Waals surface area contributed by atoms with Crippen molar-refractivity contribution in [3.8, 4) is 0 Å². The third kappa shape index (κ3) is 3.30. The first-order valence-corrected chi connectivity index (χ1v) is 12.3. The number of carbonyl (C=O) groups excluding carboxylic acids is 2. The number of benzene rings is 1. The molecule has 1 N–H and O–H groups in total. The Kier molecular flexibility index (Phi) is 4.66. The minimum atomic E-state index is -0.160. The van der Waals surface area contributed by atoms with Gasteiger partial charge in [0.2, 0.25) is 12.3 Å². The van der Waals surface area contributed by atoms with Crippen molar-refractivity contribution in [2.75, 3.05) is 0 Å². The number of fused-ring (bicyclic) bond motifs is 2. The first-order chi connectivity index (χ1) is 15.0. The van der Waals surface area contributed by atoms with E-state index < -0.39 is 0 Å². The number of hydrogen-bond acceptors (Lipinski definition) is 2. The van der Waals surface area contributed by atoms with Gasteiger partial charge >= 0.3 is 0 Å². The molecule has 6 bridgehead atoms. The minimum absolute atomic E-state index is 0.0140. The van der Waals surface area contributed by atoms with Gasteiger partial charge in [-0.25, -0.2) is 4.39 Å². The van der Waals surface area contributed by atoms with Crippen LogP contribution >= 0.6 is 0 Å². The molecule has 2 aliphatic heterocycles. The molecule has 1 aromatic carbocycles. The Morgan fingerprint density at radius 2 is 1.81 bits per heavy atom. The molecule has 2 amide bonds. The van der Waals surface area contributed by atoms with Crippen LogP contribution in [-0.2, 0) is 9.59 Å². The van der Waals surface area contributed by atoms with E-state index in [1.165, 1.54) is 18.9 Å². The molecule has 5 heteroatoms. The van der Waals surface area contributed by atoms with Gasteiger partial charge in [0, 0.05) is 24.0 Å². The molecule has 3 unspecified atom stereocenters. The lowest BCUT2D eigenvalue weighted by Crippen LogP contribution is -2.61. The smallest absolute Gasteiger partial charge is 0.223 e. The van der Waals surface area contributed by atoms with Crippen molar-refractivity contribution < 1.29 is 14.0 Å². The van der Waals surface area contributed by atoms with Gasteiger partial charge in [0.25, 0.3) is 0 Å². The van der Waals surface area contributed by atoms with Crippen LogP contribution in [0.5, 0.6) is 0 Å². The number of rotatable bonds is 5. The van der Waals surface area contributed by atoms with Gasteiger partial charge in [0.05, 0.1) is 0 Å². The highest BCUT2D eigenvalue weighted by molar-refractivity contribution is 5.78. The van der Waals surface area contributed by atoms with Crippen LogP contribution in [0, 0.1) is 29.5 Å². The van der Waals surface area contributed by atoms with Crippen molar-refractivity contribution >= 4 is 12.3 Å². The molecule has 5 atom stereocenters. The van der Waals surface area contributed by atoms with Crippen molar-refractivity contribution in [3.63, 3.8) is 0 Å². The van der Waals surface area contributed by atoms with E-state index in [1.54, 1.807) is 6.07 Å². The van der Waals surface area contributed by atoms with Crippen molar-refractivity contribution in [1.82, 2.24) is 10.2 Å². The maximum atomic E-state index is 13.7. The van der Waals surface area contributed by atoms with Gasteiger partial charge < -0.3 is 10.2 Å². The van der Waals surface area contributed by atoms with Crippen LogP contribution in [-0.4, -0.2) is 34.8 Å². The first kappa shape index (κ1) is 19.8. The van der Waals surface area contributed by atoms with Crippen molar-refractivity contribution in [2.45, 2.75) is 87.7 Å². The van der Waals surface area contributed by atoms with Crippen LogP contribution in [0.1, 0.15) is 75.7 Å². The first-order valence-electron chi connectivity index (χ1n) is 12.3. The van der Waals surface area contributed by atoms with Gasteiger partial charge in [-0.1, -0.05) is 12.1 Å². The van der Waals surface area contributed by atoms with E-state index in [0.29, 0.717) is 48.1 Å². The van der Waals surface area contributed by atoms with Crippen LogP contribution < -0.4 is 5.32 Å². The van der Waals surface area contributed by atoms with E-state index in [1.807, 2.05) is 12.1 Å². The number of piperidine rings is 1. The molecule has 2 saturated heterocycles. The van der Waals surface area contributed by atoms with Crippen LogP contribution in [0.3, 0.4) is 0 Å². The average Bonchev–Trinajstić information content (AvgIpc) is 2.99. The third-order valence-corrected chi connectivity index (χ3v) is 9.59. The number of hydrogen-bond donors (Lipinski definition) is 1. The maximum absolute atomic E-state index is 13.7. The monoisotopic (exact) mass is 424 g/mol. The highest BCUT2D eigenvalue weighted by Gasteiger charge is 2.56. The Morgan fingerprint density at radius 1 is 1.10 bits per heavy atom. The second kappa shape index (κ2) is 7.31. The largest absolute Gasteiger partial charge is 0.353 e. The Labute approximate surface area is 183 Å². The molecule has 31 heavy (non-hydrogen) atoms. The second-order valence-electron chi connectivity index (χ2n) is 11.3. The molecule has 2 heterocycles. The Bertz CT molecular complexity index is 858. The lowest BCUT2D eigenvalue weighted by atomic mass is 9.48. The summed E-state index contributed by atoms with van der Waals surface area (Å²) in [6.07, 6.45) is 11.5. The fourth-order valence-corrected chi connectivity index (χ4v) is 8.69. The molecule has 4 nitrogen and oxygen atoms in total. The topological polar surface area (TPSA) is 49.4 Å². The molecule has 0 radical (unpaired) electrons. The van der Waals surface area contributed by atoms with Gasteiger partial charge in [0.15, 0.2) is 0 Å². The molecule has 0 aromatic heterocycles.